The van der Waals surface area contributed by atoms with E-state index in [-0.39, 0.29) is 0 Å². The van der Waals surface area contributed by atoms with Crippen molar-refractivity contribution in [1.29, 1.82) is 0 Å². The SMILES string of the molecule is CCCCCCCC=C1C(CCCCC)=C(c2cc(C=CCCCCCCCC)cc(C=CCCCCCCCC)c2)[N+]([NH-])=C1c1cc(C=CCCCCCCCC)cc(C=CCCCCCCCC)c1. The molecule has 71 heavy (non-hydrogen) atoms. The van der Waals surface area contributed by atoms with Crippen LogP contribution < -0.4 is 0 Å². The molecule has 0 unspecified atom stereocenters. The van der Waals surface area contributed by atoms with E-state index in [0.717, 1.165) is 56.4 Å². The topological polar surface area (TPSA) is 26.8 Å². The molecular weight excluding hydrogens is 857 g/mol. The van der Waals surface area contributed by atoms with Gasteiger partial charge in [0.05, 0.1) is 5.57 Å². The van der Waals surface area contributed by atoms with Gasteiger partial charge in [-0.05, 0) is 136 Å². The molecule has 396 valence electrons. The van der Waals surface area contributed by atoms with E-state index in [1.54, 1.807) is 0 Å². The number of rotatable bonds is 44. The molecule has 2 aromatic rings. The summed E-state index contributed by atoms with van der Waals surface area (Å²) in [4.78, 5) is 0. The summed E-state index contributed by atoms with van der Waals surface area (Å²) in [7, 11) is 0. The van der Waals surface area contributed by atoms with Crippen molar-refractivity contribution in [2.45, 2.75) is 286 Å². The third-order valence-electron chi connectivity index (χ3n) is 14.6. The smallest absolute Gasteiger partial charge is 0.215 e. The monoisotopic (exact) mass is 967 g/mol. The molecule has 1 N–H and O–H groups in total. The molecule has 2 heteroatoms. The van der Waals surface area contributed by atoms with E-state index in [2.05, 4.69) is 133 Å². The maximum Gasteiger partial charge on any atom is 0.215 e. The van der Waals surface area contributed by atoms with Gasteiger partial charge in [0.2, 0.25) is 11.4 Å². The highest BCUT2D eigenvalue weighted by atomic mass is 15.3. The third-order valence-corrected chi connectivity index (χ3v) is 14.6. The van der Waals surface area contributed by atoms with Gasteiger partial charge in [0.15, 0.2) is 0 Å². The molecule has 0 radical (unpaired) electrons. The van der Waals surface area contributed by atoms with Crippen LogP contribution in [-0.4, -0.2) is 10.4 Å². The predicted octanol–water partition coefficient (Wildman–Crippen LogP) is 23.8. The first-order valence-corrected chi connectivity index (χ1v) is 30.8. The summed E-state index contributed by atoms with van der Waals surface area (Å²) in [5, 5.41) is 0. The van der Waals surface area contributed by atoms with E-state index in [4.69, 9.17) is 0 Å². The van der Waals surface area contributed by atoms with Gasteiger partial charge in [0, 0.05) is 16.7 Å². The second-order valence-corrected chi connectivity index (χ2v) is 21.4. The Labute approximate surface area is 441 Å². The van der Waals surface area contributed by atoms with Crippen LogP contribution in [0.25, 0.3) is 35.8 Å². The minimum Gasteiger partial charge on any atom is -0.448 e. The van der Waals surface area contributed by atoms with Crippen LogP contribution in [0.1, 0.15) is 319 Å². The fourth-order valence-electron chi connectivity index (χ4n) is 10.3. The highest BCUT2D eigenvalue weighted by Gasteiger charge is 2.35. The minimum absolute atomic E-state index is 0.994. The minimum atomic E-state index is 0.994. The molecule has 0 bridgehead atoms. The van der Waals surface area contributed by atoms with Crippen LogP contribution >= 0.6 is 0 Å². The average Bonchev–Trinajstić information content (AvgIpc) is 3.65. The zero-order chi connectivity index (χ0) is 50.8. The van der Waals surface area contributed by atoms with Gasteiger partial charge >= 0.3 is 0 Å². The van der Waals surface area contributed by atoms with Crippen molar-refractivity contribution in [2.75, 3.05) is 0 Å². The van der Waals surface area contributed by atoms with Crippen molar-refractivity contribution < 1.29 is 4.68 Å². The van der Waals surface area contributed by atoms with E-state index >= 15 is 0 Å². The summed E-state index contributed by atoms with van der Waals surface area (Å²) in [6, 6.07) is 14.4. The molecule has 1 aliphatic heterocycles. The largest absolute Gasteiger partial charge is 0.448 e. The maximum atomic E-state index is 10.4. The number of hydrogen-bond acceptors (Lipinski definition) is 0. The molecule has 1 heterocycles. The first-order valence-electron chi connectivity index (χ1n) is 30.8. The van der Waals surface area contributed by atoms with Gasteiger partial charge in [-0.1, -0.05) is 263 Å². The van der Waals surface area contributed by atoms with Crippen LogP contribution in [0.15, 0.2) is 77.9 Å². The molecule has 0 saturated carbocycles. The Balaban J connectivity index is 2.19. The summed E-state index contributed by atoms with van der Waals surface area (Å²) in [6.07, 6.45) is 69.9. The number of unbranched alkanes of at least 4 members (excludes halogenated alkanes) is 31. The van der Waals surface area contributed by atoms with Gasteiger partial charge in [0.1, 0.15) is 0 Å². The molecule has 0 atom stereocenters. The lowest BCUT2D eigenvalue weighted by Gasteiger charge is -2.11. The van der Waals surface area contributed by atoms with Crippen molar-refractivity contribution in [2.24, 2.45) is 0 Å². The van der Waals surface area contributed by atoms with Crippen molar-refractivity contribution >= 4 is 35.7 Å². The quantitative estimate of drug-likeness (QED) is 0.0467. The van der Waals surface area contributed by atoms with Crippen LogP contribution in [0.2, 0.25) is 0 Å². The fourth-order valence-corrected chi connectivity index (χ4v) is 10.3. The highest BCUT2D eigenvalue weighted by molar-refractivity contribution is 6.16. The van der Waals surface area contributed by atoms with E-state index in [1.807, 2.05) is 4.68 Å². The zero-order valence-electron chi connectivity index (χ0n) is 47.5. The number of benzene rings is 2. The number of nitrogens with zero attached hydrogens (tertiary/aromatic N) is 1. The molecule has 2 aromatic carbocycles. The number of nitrogens with one attached hydrogen (secondary N) is 1. The lowest BCUT2D eigenvalue weighted by Crippen LogP contribution is -2.12. The Bertz CT molecular complexity index is 1800. The van der Waals surface area contributed by atoms with E-state index in [0.29, 0.717) is 0 Å². The molecule has 0 saturated heterocycles. The molecule has 0 aromatic heterocycles. The molecule has 3 rings (SSSR count). The Morgan fingerprint density at radius 3 is 0.986 bits per heavy atom. The first kappa shape index (κ1) is 61.6. The predicted molar refractivity (Wildman–Crippen MR) is 322 cm³/mol. The third kappa shape index (κ3) is 26.7. The van der Waals surface area contributed by atoms with Crippen LogP contribution in [0.3, 0.4) is 0 Å². The number of hydrogen-bond donors (Lipinski definition) is 0. The molecule has 1 aliphatic rings. The molecule has 0 amide bonds. The molecule has 2 nitrogen and oxygen atoms in total. The van der Waals surface area contributed by atoms with E-state index < -0.39 is 0 Å². The standard InChI is InChI=1S/C69H110N2/c1-7-13-19-24-29-33-37-43-48-60-54-61(49-44-38-34-30-25-20-14-8-2)57-64(56-60)68-66(52-42-18-12-6)67(53-47-41-28-23-17-11-5)69(71(68)70)65-58-62(50-45-39-35-31-26-21-15-9-3)55-63(59-65)51-46-40-36-32-27-22-16-10-4/h43-46,48-51,53-59,70H,7-42,47,52H2,1-6H3. The summed E-state index contributed by atoms with van der Waals surface area (Å²) in [6.45, 7) is 13.8. The Morgan fingerprint density at radius 1 is 0.338 bits per heavy atom. The van der Waals surface area contributed by atoms with Crippen molar-refractivity contribution in [3.8, 4) is 0 Å². The molecule has 0 fully saturated rings. The van der Waals surface area contributed by atoms with Crippen LogP contribution in [0, 0.1) is 0 Å². The summed E-state index contributed by atoms with van der Waals surface area (Å²) < 4.78 is 1.88. The Hall–Kier alpha value is -3.65. The summed E-state index contributed by atoms with van der Waals surface area (Å²) in [5.41, 5.74) is 12.2. The Kier molecular flexibility index (Phi) is 36.3. The number of allylic oxidation sites excluding steroid dienone is 7. The van der Waals surface area contributed by atoms with Crippen molar-refractivity contribution in [1.82, 2.24) is 0 Å². The van der Waals surface area contributed by atoms with E-state index in [1.165, 1.54) is 244 Å². The average molecular weight is 968 g/mol. The van der Waals surface area contributed by atoms with Gasteiger partial charge in [-0.15, -0.1) is 0 Å². The molecule has 0 spiro atoms. The van der Waals surface area contributed by atoms with E-state index in [9.17, 15) is 5.84 Å². The molecular formula is C69H110N2. The zero-order valence-corrected chi connectivity index (χ0v) is 47.5. The van der Waals surface area contributed by atoms with Crippen LogP contribution in [0.4, 0.5) is 0 Å². The van der Waals surface area contributed by atoms with Gasteiger partial charge in [-0.25, -0.2) is 4.68 Å². The van der Waals surface area contributed by atoms with Crippen molar-refractivity contribution in [3.63, 3.8) is 0 Å². The maximum absolute atomic E-state index is 10.4. The lowest BCUT2D eigenvalue weighted by atomic mass is 9.89. The normalized spacial score (nSPS) is 14.0. The lowest BCUT2D eigenvalue weighted by molar-refractivity contribution is -0.347. The summed E-state index contributed by atoms with van der Waals surface area (Å²) >= 11 is 0. The molecule has 0 aliphatic carbocycles. The first-order chi connectivity index (χ1) is 35.0. The van der Waals surface area contributed by atoms with Gasteiger partial charge in [0.25, 0.3) is 0 Å². The van der Waals surface area contributed by atoms with Gasteiger partial charge in [-0.3, -0.25) is 0 Å². The van der Waals surface area contributed by atoms with Gasteiger partial charge in [-0.2, -0.15) is 0 Å². The Morgan fingerprint density at radius 2 is 0.634 bits per heavy atom. The van der Waals surface area contributed by atoms with Crippen LogP contribution in [0.5, 0.6) is 0 Å². The summed E-state index contributed by atoms with van der Waals surface area (Å²) in [5.74, 6) is 10.4. The second-order valence-electron chi connectivity index (χ2n) is 21.4. The van der Waals surface area contributed by atoms with Gasteiger partial charge < -0.3 is 5.84 Å². The van der Waals surface area contributed by atoms with Crippen molar-refractivity contribution in [3.05, 3.63) is 117 Å². The fraction of sp³-hybridized carbons (Fsp3) is 0.638. The highest BCUT2D eigenvalue weighted by Crippen LogP contribution is 2.39. The van der Waals surface area contributed by atoms with Crippen LogP contribution in [-0.2, 0) is 0 Å². The second kappa shape index (κ2) is 41.8.